The van der Waals surface area contributed by atoms with Crippen molar-refractivity contribution in [3.63, 3.8) is 0 Å². The quantitative estimate of drug-likeness (QED) is 0.693. The summed E-state index contributed by atoms with van der Waals surface area (Å²) >= 11 is 0. The van der Waals surface area contributed by atoms with E-state index in [-0.39, 0.29) is 5.91 Å². The molecule has 1 N–H and O–H groups in total. The fraction of sp³-hybridized carbons (Fsp3) is 0.304. The Morgan fingerprint density at radius 1 is 1.00 bits per heavy atom. The second kappa shape index (κ2) is 8.39. The van der Waals surface area contributed by atoms with Crippen LogP contribution in [0, 0.1) is 0 Å². The number of nitrogens with zero attached hydrogens (tertiary/aromatic N) is 2. The highest BCUT2D eigenvalue weighted by Gasteiger charge is 2.24. The van der Waals surface area contributed by atoms with Crippen molar-refractivity contribution in [2.24, 2.45) is 0 Å². The van der Waals surface area contributed by atoms with Gasteiger partial charge >= 0.3 is 0 Å². The van der Waals surface area contributed by atoms with Gasteiger partial charge in [0.25, 0.3) is 5.91 Å². The van der Waals surface area contributed by atoms with E-state index < -0.39 is 0 Å². The van der Waals surface area contributed by atoms with Crippen LogP contribution in [0.1, 0.15) is 35.4 Å². The van der Waals surface area contributed by atoms with Crippen molar-refractivity contribution in [3.8, 4) is 22.9 Å². The number of carbonyl (C=O) groups excluding carboxylic acids is 1. The molecule has 150 valence electrons. The van der Waals surface area contributed by atoms with Crippen molar-refractivity contribution in [1.29, 1.82) is 0 Å². The van der Waals surface area contributed by atoms with Crippen LogP contribution in [-0.4, -0.2) is 29.7 Å². The molecular formula is C23H25N3O3. The van der Waals surface area contributed by atoms with Crippen molar-refractivity contribution in [1.82, 2.24) is 9.55 Å². The van der Waals surface area contributed by atoms with Crippen molar-refractivity contribution in [2.75, 3.05) is 19.5 Å². The van der Waals surface area contributed by atoms with Crippen LogP contribution in [0.5, 0.6) is 11.5 Å². The van der Waals surface area contributed by atoms with E-state index in [4.69, 9.17) is 14.5 Å². The zero-order chi connectivity index (χ0) is 20.2. The Morgan fingerprint density at radius 2 is 1.79 bits per heavy atom. The number of carbonyl (C=O) groups is 1. The maximum absolute atomic E-state index is 13.1. The molecule has 6 heteroatoms. The average molecular weight is 391 g/mol. The predicted octanol–water partition coefficient (Wildman–Crippen LogP) is 4.55. The van der Waals surface area contributed by atoms with E-state index in [1.807, 2.05) is 30.3 Å². The molecule has 0 atom stereocenters. The van der Waals surface area contributed by atoms with E-state index in [1.165, 1.54) is 0 Å². The molecule has 0 spiro atoms. The molecule has 1 aromatic heterocycles. The molecule has 0 saturated heterocycles. The van der Waals surface area contributed by atoms with E-state index in [9.17, 15) is 4.79 Å². The first kappa shape index (κ1) is 19.1. The zero-order valence-corrected chi connectivity index (χ0v) is 16.8. The third kappa shape index (κ3) is 3.83. The van der Waals surface area contributed by atoms with Gasteiger partial charge in [0.2, 0.25) is 0 Å². The number of ether oxygens (including phenoxy) is 2. The van der Waals surface area contributed by atoms with Crippen LogP contribution in [0.4, 0.5) is 5.69 Å². The lowest BCUT2D eigenvalue weighted by Crippen LogP contribution is -2.15. The fourth-order valence-electron chi connectivity index (χ4n) is 3.81. The molecule has 0 bridgehead atoms. The van der Waals surface area contributed by atoms with Gasteiger partial charge in [0, 0.05) is 23.9 Å². The highest BCUT2D eigenvalue weighted by molar-refractivity contribution is 6.04. The number of aromatic nitrogens is 2. The average Bonchev–Trinajstić information content (AvgIpc) is 2.95. The number of hydrogen-bond donors (Lipinski definition) is 1. The summed E-state index contributed by atoms with van der Waals surface area (Å²) in [6.45, 7) is 0.885. The lowest BCUT2D eigenvalue weighted by Gasteiger charge is -2.11. The van der Waals surface area contributed by atoms with Crippen molar-refractivity contribution >= 4 is 11.6 Å². The molecule has 6 nitrogen and oxygen atoms in total. The van der Waals surface area contributed by atoms with Crippen molar-refractivity contribution < 1.29 is 14.3 Å². The van der Waals surface area contributed by atoms with Gasteiger partial charge in [-0.3, -0.25) is 4.79 Å². The molecule has 1 amide bonds. The fourth-order valence-corrected chi connectivity index (χ4v) is 3.81. The van der Waals surface area contributed by atoms with Gasteiger partial charge in [-0.1, -0.05) is 36.8 Å². The summed E-state index contributed by atoms with van der Waals surface area (Å²) in [5, 5.41) is 2.97. The van der Waals surface area contributed by atoms with Crippen LogP contribution in [0.15, 0.2) is 48.5 Å². The maximum Gasteiger partial charge on any atom is 0.276 e. The van der Waals surface area contributed by atoms with E-state index >= 15 is 0 Å². The Hall–Kier alpha value is -3.28. The number of rotatable bonds is 5. The second-order valence-electron chi connectivity index (χ2n) is 7.08. The third-order valence-corrected chi connectivity index (χ3v) is 5.26. The van der Waals surface area contributed by atoms with E-state index in [2.05, 4.69) is 9.88 Å². The molecule has 1 aliphatic heterocycles. The Bertz CT molecular complexity index is 1010. The van der Waals surface area contributed by atoms with Gasteiger partial charge < -0.3 is 19.4 Å². The molecule has 3 aromatic rings. The summed E-state index contributed by atoms with van der Waals surface area (Å²) in [5.74, 6) is 1.84. The summed E-state index contributed by atoms with van der Waals surface area (Å²) in [6.07, 6.45) is 4.18. The number of amides is 1. The van der Waals surface area contributed by atoms with Gasteiger partial charge in [0.15, 0.2) is 11.5 Å². The summed E-state index contributed by atoms with van der Waals surface area (Å²) in [4.78, 5) is 17.9. The van der Waals surface area contributed by atoms with E-state index in [0.717, 1.165) is 49.3 Å². The number of nitrogens with one attached hydrogen (secondary N) is 1. The van der Waals surface area contributed by atoms with Crippen LogP contribution in [0.3, 0.4) is 0 Å². The lowest BCUT2D eigenvalue weighted by molar-refractivity contribution is 0.102. The predicted molar refractivity (Wildman–Crippen MR) is 113 cm³/mol. The molecule has 1 aliphatic rings. The van der Waals surface area contributed by atoms with Crippen LogP contribution in [0.25, 0.3) is 11.4 Å². The Balaban J connectivity index is 1.69. The first-order chi connectivity index (χ1) is 14.2. The van der Waals surface area contributed by atoms with Gasteiger partial charge in [0.1, 0.15) is 11.5 Å². The Kier molecular flexibility index (Phi) is 5.51. The first-order valence-electron chi connectivity index (χ1n) is 9.89. The molecule has 2 aromatic carbocycles. The molecule has 0 unspecified atom stereocenters. The van der Waals surface area contributed by atoms with Gasteiger partial charge in [-0.2, -0.15) is 0 Å². The minimum Gasteiger partial charge on any atom is -0.493 e. The molecule has 0 aliphatic carbocycles. The number of benzene rings is 2. The number of methoxy groups -OCH3 is 2. The van der Waals surface area contributed by atoms with Crippen molar-refractivity contribution in [2.45, 2.75) is 32.2 Å². The largest absolute Gasteiger partial charge is 0.493 e. The van der Waals surface area contributed by atoms with E-state index in [0.29, 0.717) is 22.9 Å². The Labute approximate surface area is 170 Å². The Morgan fingerprint density at radius 3 is 2.55 bits per heavy atom. The summed E-state index contributed by atoms with van der Waals surface area (Å²) in [5.41, 5.74) is 3.19. The van der Waals surface area contributed by atoms with Gasteiger partial charge in [-0.15, -0.1) is 0 Å². The SMILES string of the molecule is COc1ccc(NC(=O)c2nc(-c3ccccc3)n3c2CCCCC3)cc1OC. The topological polar surface area (TPSA) is 65.4 Å². The van der Waals surface area contributed by atoms with E-state index in [1.54, 1.807) is 32.4 Å². The molecule has 0 fully saturated rings. The van der Waals surface area contributed by atoms with Gasteiger partial charge in [-0.25, -0.2) is 4.98 Å². The van der Waals surface area contributed by atoms with Crippen LogP contribution >= 0.6 is 0 Å². The summed E-state index contributed by atoms with van der Waals surface area (Å²) in [7, 11) is 3.16. The monoisotopic (exact) mass is 391 g/mol. The van der Waals surface area contributed by atoms with Crippen molar-refractivity contribution in [3.05, 3.63) is 59.9 Å². The first-order valence-corrected chi connectivity index (χ1v) is 9.89. The van der Waals surface area contributed by atoms with Crippen LogP contribution in [0.2, 0.25) is 0 Å². The van der Waals surface area contributed by atoms with Crippen LogP contribution < -0.4 is 14.8 Å². The number of imidazole rings is 1. The van der Waals surface area contributed by atoms with Gasteiger partial charge in [-0.05, 0) is 31.4 Å². The minimum atomic E-state index is -0.204. The maximum atomic E-state index is 13.1. The zero-order valence-electron chi connectivity index (χ0n) is 16.8. The molecule has 2 heterocycles. The van der Waals surface area contributed by atoms with Gasteiger partial charge in [0.05, 0.1) is 19.9 Å². The number of anilines is 1. The molecule has 0 radical (unpaired) electrons. The molecular weight excluding hydrogens is 366 g/mol. The normalized spacial score (nSPS) is 13.3. The molecule has 0 saturated carbocycles. The standard InChI is InChI=1S/C23H25N3O3/c1-28-19-13-12-17(15-20(19)29-2)24-23(27)21-18-11-7-4-8-14-26(18)22(25-21)16-9-5-3-6-10-16/h3,5-6,9-10,12-13,15H,4,7-8,11,14H2,1-2H3,(H,24,27). The summed E-state index contributed by atoms with van der Waals surface area (Å²) in [6, 6.07) is 15.4. The highest BCUT2D eigenvalue weighted by Crippen LogP contribution is 2.31. The third-order valence-electron chi connectivity index (χ3n) is 5.26. The number of hydrogen-bond acceptors (Lipinski definition) is 4. The molecule has 4 rings (SSSR count). The van der Waals surface area contributed by atoms with Crippen LogP contribution in [-0.2, 0) is 13.0 Å². The summed E-state index contributed by atoms with van der Waals surface area (Å²) < 4.78 is 12.8. The number of fused-ring (bicyclic) bond motifs is 1. The lowest BCUT2D eigenvalue weighted by atomic mass is 10.1. The highest BCUT2D eigenvalue weighted by atomic mass is 16.5. The minimum absolute atomic E-state index is 0.204. The molecule has 29 heavy (non-hydrogen) atoms. The smallest absolute Gasteiger partial charge is 0.276 e. The second-order valence-corrected chi connectivity index (χ2v) is 7.08.